The molecule has 0 saturated heterocycles. The highest BCUT2D eigenvalue weighted by Gasteiger charge is 2.45. The zero-order valence-electron chi connectivity index (χ0n) is 13.9. The first-order chi connectivity index (χ1) is 9.91. The van der Waals surface area contributed by atoms with E-state index >= 15 is 0 Å². The molecule has 1 heteroatoms. The van der Waals surface area contributed by atoms with E-state index in [0.717, 1.165) is 30.7 Å². The van der Waals surface area contributed by atoms with Gasteiger partial charge in [0.2, 0.25) is 0 Å². The first-order valence-corrected chi connectivity index (χ1v) is 8.74. The van der Waals surface area contributed by atoms with E-state index in [1.807, 2.05) is 0 Å². The van der Waals surface area contributed by atoms with Crippen LogP contribution >= 0.6 is 0 Å². The Kier molecular flexibility index (Phi) is 3.90. The monoisotopic (exact) mass is 286 g/mol. The van der Waals surface area contributed by atoms with Crippen molar-refractivity contribution in [1.29, 1.82) is 0 Å². The van der Waals surface area contributed by atoms with Gasteiger partial charge in [0, 0.05) is 0 Å². The van der Waals surface area contributed by atoms with Gasteiger partial charge in [-0.05, 0) is 54.1 Å². The zero-order valence-corrected chi connectivity index (χ0v) is 13.9. The molecule has 21 heavy (non-hydrogen) atoms. The van der Waals surface area contributed by atoms with Gasteiger partial charge in [-0.1, -0.05) is 64.3 Å². The fourth-order valence-corrected chi connectivity index (χ4v) is 4.44. The van der Waals surface area contributed by atoms with Crippen LogP contribution in [0.4, 0.5) is 0 Å². The molecule has 116 valence electrons. The van der Waals surface area contributed by atoms with Crippen LogP contribution in [0.2, 0.25) is 0 Å². The molecular formula is C20H30O. The number of aliphatic hydroxyl groups is 1. The second-order valence-corrected chi connectivity index (χ2v) is 8.34. The summed E-state index contributed by atoms with van der Waals surface area (Å²) in [5.74, 6) is 1.13. The summed E-state index contributed by atoms with van der Waals surface area (Å²) in [6.07, 6.45) is 8.52. The third kappa shape index (κ3) is 2.77. The van der Waals surface area contributed by atoms with Gasteiger partial charge in [-0.15, -0.1) is 0 Å². The molecule has 0 heterocycles. The van der Waals surface area contributed by atoms with Gasteiger partial charge >= 0.3 is 0 Å². The SMILES string of the molecule is CC(C)(C)C1CCCCC1(O)c1ccc(C2CCC2)cc1. The van der Waals surface area contributed by atoms with E-state index in [1.165, 1.54) is 31.2 Å². The molecule has 0 radical (unpaired) electrons. The summed E-state index contributed by atoms with van der Waals surface area (Å²) in [5, 5.41) is 11.4. The molecule has 0 amide bonds. The standard InChI is InChI=1S/C20H30O/c1-19(2,3)18-9-4-5-14-20(18,21)17-12-10-16(11-13-17)15-7-6-8-15/h10-13,15,18,21H,4-9,14H2,1-3H3. The molecule has 2 atom stereocenters. The maximum atomic E-state index is 11.4. The first kappa shape index (κ1) is 15.1. The lowest BCUT2D eigenvalue weighted by molar-refractivity contribution is -0.0959. The lowest BCUT2D eigenvalue weighted by Gasteiger charge is -2.47. The molecule has 0 aromatic heterocycles. The first-order valence-electron chi connectivity index (χ1n) is 8.74. The largest absolute Gasteiger partial charge is 0.385 e. The lowest BCUT2D eigenvalue weighted by Crippen LogP contribution is -2.44. The molecule has 1 N–H and O–H groups in total. The van der Waals surface area contributed by atoms with Crippen LogP contribution in [-0.4, -0.2) is 5.11 Å². The van der Waals surface area contributed by atoms with E-state index in [2.05, 4.69) is 45.0 Å². The Morgan fingerprint density at radius 2 is 1.62 bits per heavy atom. The van der Waals surface area contributed by atoms with Crippen molar-refractivity contribution < 1.29 is 5.11 Å². The quantitative estimate of drug-likeness (QED) is 0.774. The van der Waals surface area contributed by atoms with Gasteiger partial charge in [-0.25, -0.2) is 0 Å². The molecule has 3 rings (SSSR count). The molecular weight excluding hydrogens is 256 g/mol. The Hall–Kier alpha value is -0.820. The van der Waals surface area contributed by atoms with Crippen molar-refractivity contribution in [1.82, 2.24) is 0 Å². The van der Waals surface area contributed by atoms with Crippen molar-refractivity contribution in [3.63, 3.8) is 0 Å². The van der Waals surface area contributed by atoms with E-state index in [1.54, 1.807) is 0 Å². The summed E-state index contributed by atoms with van der Waals surface area (Å²) in [6.45, 7) is 6.82. The van der Waals surface area contributed by atoms with Gasteiger partial charge in [0.25, 0.3) is 0 Å². The highest BCUT2D eigenvalue weighted by Crippen LogP contribution is 2.50. The van der Waals surface area contributed by atoms with Crippen molar-refractivity contribution in [2.24, 2.45) is 11.3 Å². The molecule has 2 aliphatic carbocycles. The summed E-state index contributed by atoms with van der Waals surface area (Å²) < 4.78 is 0. The van der Waals surface area contributed by atoms with Gasteiger partial charge in [-0.3, -0.25) is 0 Å². The Bertz CT molecular complexity index is 478. The predicted molar refractivity (Wildman–Crippen MR) is 88.3 cm³/mol. The van der Waals surface area contributed by atoms with Gasteiger partial charge in [0.1, 0.15) is 0 Å². The topological polar surface area (TPSA) is 20.2 Å². The van der Waals surface area contributed by atoms with Crippen LogP contribution in [0.15, 0.2) is 24.3 Å². The maximum Gasteiger partial charge on any atom is 0.0929 e. The molecule has 2 unspecified atom stereocenters. The summed E-state index contributed by atoms with van der Waals surface area (Å²) in [6, 6.07) is 8.95. The van der Waals surface area contributed by atoms with E-state index in [9.17, 15) is 5.11 Å². The third-order valence-electron chi connectivity index (χ3n) is 5.91. The second-order valence-electron chi connectivity index (χ2n) is 8.34. The van der Waals surface area contributed by atoms with Crippen LogP contribution in [0.1, 0.15) is 82.8 Å². The average molecular weight is 286 g/mol. The zero-order chi connectivity index (χ0) is 15.1. The Morgan fingerprint density at radius 3 is 2.14 bits per heavy atom. The fraction of sp³-hybridized carbons (Fsp3) is 0.700. The van der Waals surface area contributed by atoms with E-state index in [-0.39, 0.29) is 5.41 Å². The van der Waals surface area contributed by atoms with Crippen LogP contribution in [0, 0.1) is 11.3 Å². The van der Waals surface area contributed by atoms with E-state index in [4.69, 9.17) is 0 Å². The fourth-order valence-electron chi connectivity index (χ4n) is 4.44. The molecule has 2 fully saturated rings. The number of rotatable bonds is 2. The van der Waals surface area contributed by atoms with Crippen LogP contribution in [0.5, 0.6) is 0 Å². The van der Waals surface area contributed by atoms with Crippen molar-refractivity contribution in [3.8, 4) is 0 Å². The Balaban J connectivity index is 1.88. The molecule has 0 bridgehead atoms. The van der Waals surface area contributed by atoms with E-state index in [0.29, 0.717) is 5.92 Å². The molecule has 1 nitrogen and oxygen atoms in total. The molecule has 1 aromatic rings. The van der Waals surface area contributed by atoms with Crippen molar-refractivity contribution >= 4 is 0 Å². The third-order valence-corrected chi connectivity index (χ3v) is 5.91. The van der Waals surface area contributed by atoms with Crippen LogP contribution in [-0.2, 0) is 5.60 Å². The van der Waals surface area contributed by atoms with Gasteiger partial charge in [-0.2, -0.15) is 0 Å². The van der Waals surface area contributed by atoms with Crippen molar-refractivity contribution in [3.05, 3.63) is 35.4 Å². The summed E-state index contributed by atoms with van der Waals surface area (Å²) in [5.41, 5.74) is 2.14. The predicted octanol–water partition coefficient (Wildman–Crippen LogP) is 5.38. The Morgan fingerprint density at radius 1 is 0.952 bits per heavy atom. The van der Waals surface area contributed by atoms with Gasteiger partial charge < -0.3 is 5.11 Å². The molecule has 1 aromatic carbocycles. The van der Waals surface area contributed by atoms with Crippen LogP contribution in [0.3, 0.4) is 0 Å². The highest BCUT2D eigenvalue weighted by molar-refractivity contribution is 5.31. The number of hydrogen-bond acceptors (Lipinski definition) is 1. The van der Waals surface area contributed by atoms with Crippen molar-refractivity contribution in [2.75, 3.05) is 0 Å². The summed E-state index contributed by atoms with van der Waals surface area (Å²) in [7, 11) is 0. The summed E-state index contributed by atoms with van der Waals surface area (Å²) >= 11 is 0. The molecule has 2 aliphatic rings. The Labute approximate surface area is 129 Å². The lowest BCUT2D eigenvalue weighted by atomic mass is 9.61. The molecule has 2 saturated carbocycles. The smallest absolute Gasteiger partial charge is 0.0929 e. The molecule has 0 spiro atoms. The molecule has 0 aliphatic heterocycles. The van der Waals surface area contributed by atoms with Gasteiger partial charge in [0.15, 0.2) is 0 Å². The second kappa shape index (κ2) is 5.43. The van der Waals surface area contributed by atoms with Gasteiger partial charge in [0.05, 0.1) is 5.60 Å². The normalized spacial score (nSPS) is 31.0. The summed E-state index contributed by atoms with van der Waals surface area (Å²) in [4.78, 5) is 0. The highest BCUT2D eigenvalue weighted by atomic mass is 16.3. The average Bonchev–Trinajstić information content (AvgIpc) is 2.36. The minimum atomic E-state index is -0.630. The van der Waals surface area contributed by atoms with Crippen molar-refractivity contribution in [2.45, 2.75) is 77.2 Å². The minimum absolute atomic E-state index is 0.155. The van der Waals surface area contributed by atoms with Crippen LogP contribution in [0.25, 0.3) is 0 Å². The number of benzene rings is 1. The van der Waals surface area contributed by atoms with E-state index < -0.39 is 5.60 Å². The minimum Gasteiger partial charge on any atom is -0.385 e. The van der Waals surface area contributed by atoms with Crippen LogP contribution < -0.4 is 0 Å². The maximum absolute atomic E-state index is 11.4. The number of hydrogen-bond donors (Lipinski definition) is 1.